The molecule has 0 aliphatic carbocycles. The van der Waals surface area contributed by atoms with Crippen molar-refractivity contribution in [2.45, 2.75) is 52.7 Å². The monoisotopic (exact) mass is 360 g/mol. The van der Waals surface area contributed by atoms with Crippen molar-refractivity contribution in [2.75, 3.05) is 13.1 Å². The Kier molecular flexibility index (Phi) is 6.08. The van der Waals surface area contributed by atoms with E-state index in [0.29, 0.717) is 30.7 Å². The Morgan fingerprint density at radius 3 is 2.12 bits per heavy atom. The lowest BCUT2D eigenvalue weighted by Crippen LogP contribution is -2.44. The van der Waals surface area contributed by atoms with E-state index in [1.165, 1.54) is 24.0 Å². The van der Waals surface area contributed by atoms with E-state index in [0.717, 1.165) is 0 Å². The summed E-state index contributed by atoms with van der Waals surface area (Å²) in [4.78, 5) is 28.5. The number of hydrogen-bond acceptors (Lipinski definition) is 5. The molecule has 1 aromatic carbocycles. The Bertz CT molecular complexity index is 699. The standard InChI is InChI=1S/C20H28N2O4/c1-12(2)21(13(3)4)10-11-22-18(15-6-8-16(24)9-7-15)17(14(5)23)19(25)20(22)26/h6-9,12-13,18,24-25H,10-11H2,1-5H3. The number of aliphatic hydroxyl groups excluding tert-OH is 1. The van der Waals surface area contributed by atoms with Crippen LogP contribution in [0.1, 0.15) is 46.2 Å². The lowest BCUT2D eigenvalue weighted by molar-refractivity contribution is -0.129. The van der Waals surface area contributed by atoms with Gasteiger partial charge >= 0.3 is 0 Å². The summed E-state index contributed by atoms with van der Waals surface area (Å²) in [6.45, 7) is 10.8. The first-order valence-corrected chi connectivity index (χ1v) is 8.94. The number of carbonyl (C=O) groups is 2. The van der Waals surface area contributed by atoms with Gasteiger partial charge in [0.2, 0.25) is 0 Å². The van der Waals surface area contributed by atoms with E-state index in [-0.39, 0.29) is 17.1 Å². The number of rotatable bonds is 7. The molecule has 0 fully saturated rings. The quantitative estimate of drug-likeness (QED) is 0.781. The van der Waals surface area contributed by atoms with Crippen LogP contribution in [0, 0.1) is 0 Å². The molecule has 142 valence electrons. The number of aliphatic hydroxyl groups is 1. The van der Waals surface area contributed by atoms with Crippen LogP contribution < -0.4 is 0 Å². The van der Waals surface area contributed by atoms with Gasteiger partial charge in [-0.05, 0) is 52.3 Å². The number of ketones is 1. The summed E-state index contributed by atoms with van der Waals surface area (Å²) in [7, 11) is 0. The van der Waals surface area contributed by atoms with Gasteiger partial charge in [0.25, 0.3) is 5.91 Å². The topological polar surface area (TPSA) is 81.1 Å². The van der Waals surface area contributed by atoms with Gasteiger partial charge in [-0.15, -0.1) is 0 Å². The minimum Gasteiger partial charge on any atom is -0.508 e. The van der Waals surface area contributed by atoms with Crippen molar-refractivity contribution >= 4 is 11.7 Å². The first-order valence-electron chi connectivity index (χ1n) is 8.94. The largest absolute Gasteiger partial charge is 0.508 e. The molecular weight excluding hydrogens is 332 g/mol. The van der Waals surface area contributed by atoms with E-state index >= 15 is 0 Å². The highest BCUT2D eigenvalue weighted by molar-refractivity contribution is 6.08. The number of nitrogens with zero attached hydrogens (tertiary/aromatic N) is 2. The SMILES string of the molecule is CC(=O)C1=C(O)C(=O)N(CCN(C(C)C)C(C)C)C1c1ccc(O)cc1. The molecule has 1 heterocycles. The zero-order valence-corrected chi connectivity index (χ0v) is 16.1. The lowest BCUT2D eigenvalue weighted by Gasteiger charge is -2.34. The van der Waals surface area contributed by atoms with Crippen molar-refractivity contribution in [2.24, 2.45) is 0 Å². The molecule has 2 N–H and O–H groups in total. The molecule has 1 amide bonds. The predicted octanol–water partition coefficient (Wildman–Crippen LogP) is 2.80. The summed E-state index contributed by atoms with van der Waals surface area (Å²) >= 11 is 0. The Morgan fingerprint density at radius 1 is 1.12 bits per heavy atom. The third-order valence-electron chi connectivity index (χ3n) is 4.82. The number of carbonyl (C=O) groups excluding carboxylic acids is 2. The van der Waals surface area contributed by atoms with Crippen LogP contribution in [0.5, 0.6) is 5.75 Å². The summed E-state index contributed by atoms with van der Waals surface area (Å²) in [6.07, 6.45) is 0. The molecule has 1 aromatic rings. The molecule has 0 saturated carbocycles. The van der Waals surface area contributed by atoms with Gasteiger partial charge in [-0.3, -0.25) is 14.5 Å². The van der Waals surface area contributed by atoms with Gasteiger partial charge in [-0.25, -0.2) is 0 Å². The average molecular weight is 360 g/mol. The number of benzene rings is 1. The maximum Gasteiger partial charge on any atom is 0.290 e. The Hall–Kier alpha value is -2.34. The number of phenolic OH excluding ortho intramolecular Hbond substituents is 1. The smallest absolute Gasteiger partial charge is 0.290 e. The summed E-state index contributed by atoms with van der Waals surface area (Å²) in [6, 6.07) is 6.36. The van der Waals surface area contributed by atoms with Gasteiger partial charge in [-0.1, -0.05) is 12.1 Å². The van der Waals surface area contributed by atoms with Crippen LogP contribution in [-0.2, 0) is 9.59 Å². The highest BCUT2D eigenvalue weighted by atomic mass is 16.3. The van der Waals surface area contributed by atoms with E-state index in [9.17, 15) is 19.8 Å². The van der Waals surface area contributed by atoms with E-state index in [1.807, 2.05) is 0 Å². The van der Waals surface area contributed by atoms with Gasteiger partial charge < -0.3 is 15.1 Å². The van der Waals surface area contributed by atoms with Crippen molar-refractivity contribution in [1.82, 2.24) is 9.80 Å². The minimum atomic E-state index is -0.637. The Balaban J connectivity index is 2.35. The molecule has 0 saturated heterocycles. The number of phenols is 1. The van der Waals surface area contributed by atoms with Gasteiger partial charge in [0.05, 0.1) is 11.6 Å². The molecular formula is C20H28N2O4. The molecule has 0 aromatic heterocycles. The van der Waals surface area contributed by atoms with Gasteiger partial charge in [-0.2, -0.15) is 0 Å². The molecule has 0 radical (unpaired) electrons. The van der Waals surface area contributed by atoms with Crippen molar-refractivity contribution < 1.29 is 19.8 Å². The fraction of sp³-hybridized carbons (Fsp3) is 0.500. The predicted molar refractivity (Wildman–Crippen MR) is 99.9 cm³/mol. The second-order valence-electron chi connectivity index (χ2n) is 7.24. The molecule has 26 heavy (non-hydrogen) atoms. The number of amides is 1. The summed E-state index contributed by atoms with van der Waals surface area (Å²) < 4.78 is 0. The van der Waals surface area contributed by atoms with Gasteiger partial charge in [0.1, 0.15) is 5.75 Å². The molecule has 1 atom stereocenters. The summed E-state index contributed by atoms with van der Waals surface area (Å²) in [5.41, 5.74) is 0.798. The average Bonchev–Trinajstić information content (AvgIpc) is 2.80. The van der Waals surface area contributed by atoms with Crippen LogP contribution >= 0.6 is 0 Å². The Labute approximate surface area is 154 Å². The van der Waals surface area contributed by atoms with E-state index in [4.69, 9.17) is 0 Å². The van der Waals surface area contributed by atoms with Crippen LogP contribution in [0.3, 0.4) is 0 Å². The zero-order valence-electron chi connectivity index (χ0n) is 16.1. The second-order valence-corrected chi connectivity index (χ2v) is 7.24. The van der Waals surface area contributed by atoms with Crippen LogP contribution in [-0.4, -0.2) is 56.9 Å². The highest BCUT2D eigenvalue weighted by Crippen LogP contribution is 2.37. The van der Waals surface area contributed by atoms with E-state index in [2.05, 4.69) is 32.6 Å². The number of Topliss-reactive ketones (excluding diaryl/α,β-unsaturated/α-hetero) is 1. The van der Waals surface area contributed by atoms with E-state index in [1.54, 1.807) is 12.1 Å². The second kappa shape index (κ2) is 7.91. The normalized spacial score (nSPS) is 17.9. The third kappa shape index (κ3) is 3.90. The molecule has 0 bridgehead atoms. The molecule has 2 rings (SSSR count). The summed E-state index contributed by atoms with van der Waals surface area (Å²) in [5, 5.41) is 19.8. The molecule has 0 spiro atoms. The highest BCUT2D eigenvalue weighted by Gasteiger charge is 2.42. The molecule has 6 nitrogen and oxygen atoms in total. The van der Waals surface area contributed by atoms with Crippen molar-refractivity contribution in [3.05, 3.63) is 41.2 Å². The van der Waals surface area contributed by atoms with Crippen LogP contribution in [0.2, 0.25) is 0 Å². The lowest BCUT2D eigenvalue weighted by atomic mass is 9.96. The van der Waals surface area contributed by atoms with Crippen LogP contribution in [0.4, 0.5) is 0 Å². The number of aromatic hydroxyl groups is 1. The van der Waals surface area contributed by atoms with Crippen molar-refractivity contribution in [3.63, 3.8) is 0 Å². The maximum atomic E-state index is 12.6. The molecule has 1 unspecified atom stereocenters. The zero-order chi connectivity index (χ0) is 19.6. The Morgan fingerprint density at radius 2 is 1.65 bits per heavy atom. The fourth-order valence-electron chi connectivity index (χ4n) is 3.58. The van der Waals surface area contributed by atoms with E-state index < -0.39 is 17.7 Å². The van der Waals surface area contributed by atoms with Crippen molar-refractivity contribution in [1.29, 1.82) is 0 Å². The summed E-state index contributed by atoms with van der Waals surface area (Å²) in [5.74, 6) is -1.23. The molecule has 1 aliphatic heterocycles. The number of hydrogen-bond donors (Lipinski definition) is 2. The first kappa shape index (κ1) is 20.0. The third-order valence-corrected chi connectivity index (χ3v) is 4.82. The molecule has 6 heteroatoms. The first-order chi connectivity index (χ1) is 12.1. The minimum absolute atomic E-state index is 0.105. The van der Waals surface area contributed by atoms with Crippen LogP contribution in [0.15, 0.2) is 35.6 Å². The van der Waals surface area contributed by atoms with Crippen molar-refractivity contribution in [3.8, 4) is 5.75 Å². The van der Waals surface area contributed by atoms with Crippen LogP contribution in [0.25, 0.3) is 0 Å². The fourth-order valence-corrected chi connectivity index (χ4v) is 3.58. The van der Waals surface area contributed by atoms with Gasteiger partial charge in [0.15, 0.2) is 11.5 Å². The van der Waals surface area contributed by atoms with Gasteiger partial charge in [0, 0.05) is 25.2 Å². The maximum absolute atomic E-state index is 12.6. The molecule has 1 aliphatic rings.